The van der Waals surface area contributed by atoms with Crippen LogP contribution in [0.2, 0.25) is 0 Å². The summed E-state index contributed by atoms with van der Waals surface area (Å²) in [6, 6.07) is 5.37. The van der Waals surface area contributed by atoms with E-state index in [1.165, 1.54) is 0 Å². The zero-order valence-corrected chi connectivity index (χ0v) is 11.1. The highest BCUT2D eigenvalue weighted by atomic mass is 16.5. The van der Waals surface area contributed by atoms with Gasteiger partial charge in [0.1, 0.15) is 17.0 Å². The molecule has 1 N–H and O–H groups in total. The van der Waals surface area contributed by atoms with Crippen molar-refractivity contribution in [3.63, 3.8) is 0 Å². The Bertz CT molecular complexity index is 637. The summed E-state index contributed by atoms with van der Waals surface area (Å²) in [5.41, 5.74) is 2.11. The van der Waals surface area contributed by atoms with E-state index in [1.54, 1.807) is 26.4 Å². The van der Waals surface area contributed by atoms with Gasteiger partial charge in [0, 0.05) is 11.5 Å². The van der Waals surface area contributed by atoms with Crippen LogP contribution >= 0.6 is 0 Å². The summed E-state index contributed by atoms with van der Waals surface area (Å²) in [7, 11) is 3.14. The second-order valence-corrected chi connectivity index (χ2v) is 4.23. The maximum absolute atomic E-state index is 10.8. The van der Waals surface area contributed by atoms with Crippen LogP contribution in [0.15, 0.2) is 18.2 Å². The van der Waals surface area contributed by atoms with Gasteiger partial charge in [-0.05, 0) is 24.6 Å². The quantitative estimate of drug-likeness (QED) is 0.913. The molecule has 0 fully saturated rings. The van der Waals surface area contributed by atoms with Crippen LogP contribution in [0.25, 0.3) is 10.9 Å². The Morgan fingerprint density at radius 3 is 2.58 bits per heavy atom. The Balaban J connectivity index is 2.68. The number of pyridine rings is 1. The van der Waals surface area contributed by atoms with Crippen LogP contribution < -0.4 is 9.47 Å². The number of aliphatic carboxylic acids is 1. The number of rotatable bonds is 4. The van der Waals surface area contributed by atoms with E-state index in [0.29, 0.717) is 22.7 Å². The van der Waals surface area contributed by atoms with Gasteiger partial charge in [-0.3, -0.25) is 4.79 Å². The maximum atomic E-state index is 10.8. The Morgan fingerprint density at radius 1 is 1.26 bits per heavy atom. The number of carbonyl (C=O) groups is 1. The van der Waals surface area contributed by atoms with Gasteiger partial charge in [0.2, 0.25) is 0 Å². The number of aryl methyl sites for hydroxylation is 1. The van der Waals surface area contributed by atoms with Gasteiger partial charge in [-0.2, -0.15) is 0 Å². The van der Waals surface area contributed by atoms with E-state index in [-0.39, 0.29) is 6.42 Å². The minimum Gasteiger partial charge on any atom is -0.497 e. The molecule has 0 saturated heterocycles. The first kappa shape index (κ1) is 13.1. The lowest BCUT2D eigenvalue weighted by Crippen LogP contribution is -2.03. The highest BCUT2D eigenvalue weighted by molar-refractivity contribution is 5.89. The van der Waals surface area contributed by atoms with E-state index < -0.39 is 5.97 Å². The van der Waals surface area contributed by atoms with Crippen molar-refractivity contribution in [2.45, 2.75) is 13.3 Å². The number of benzene rings is 1. The zero-order valence-electron chi connectivity index (χ0n) is 11.1. The molecular formula is C14H15NO4. The average Bonchev–Trinajstić information content (AvgIpc) is 2.37. The second kappa shape index (κ2) is 5.14. The Hall–Kier alpha value is -2.30. The van der Waals surface area contributed by atoms with Gasteiger partial charge < -0.3 is 14.6 Å². The molecule has 0 atom stereocenters. The number of carboxylic acid groups (broad SMARTS) is 1. The van der Waals surface area contributed by atoms with E-state index in [0.717, 1.165) is 10.9 Å². The van der Waals surface area contributed by atoms with Crippen molar-refractivity contribution in [3.05, 3.63) is 29.5 Å². The van der Waals surface area contributed by atoms with Gasteiger partial charge in [0.15, 0.2) is 0 Å². The van der Waals surface area contributed by atoms with E-state index in [9.17, 15) is 4.79 Å². The lowest BCUT2D eigenvalue weighted by Gasteiger charge is -2.11. The molecule has 0 aliphatic rings. The molecule has 2 rings (SSSR count). The topological polar surface area (TPSA) is 68.7 Å². The van der Waals surface area contributed by atoms with Crippen LogP contribution in [-0.2, 0) is 11.2 Å². The summed E-state index contributed by atoms with van der Waals surface area (Å²) in [4.78, 5) is 15.1. The number of hydrogen-bond donors (Lipinski definition) is 1. The summed E-state index contributed by atoms with van der Waals surface area (Å²) < 4.78 is 10.5. The number of fused-ring (bicyclic) bond motifs is 1. The number of aromatic nitrogens is 1. The first-order valence-electron chi connectivity index (χ1n) is 5.79. The Labute approximate surface area is 110 Å². The second-order valence-electron chi connectivity index (χ2n) is 4.23. The fourth-order valence-electron chi connectivity index (χ4n) is 2.02. The third-order valence-electron chi connectivity index (χ3n) is 2.90. The molecule has 0 saturated carbocycles. The molecule has 0 radical (unpaired) electrons. The smallest absolute Gasteiger partial charge is 0.309 e. The predicted octanol–water partition coefficient (Wildman–Crippen LogP) is 2.19. The zero-order chi connectivity index (χ0) is 14.0. The van der Waals surface area contributed by atoms with Crippen molar-refractivity contribution in [1.82, 2.24) is 4.98 Å². The van der Waals surface area contributed by atoms with Crippen LogP contribution in [0.3, 0.4) is 0 Å². The highest BCUT2D eigenvalue weighted by Gasteiger charge is 2.12. The monoisotopic (exact) mass is 261 g/mol. The molecule has 1 aromatic heterocycles. The van der Waals surface area contributed by atoms with Gasteiger partial charge in [0.05, 0.1) is 26.3 Å². The molecule has 1 heterocycles. The molecule has 100 valence electrons. The molecule has 0 spiro atoms. The van der Waals surface area contributed by atoms with Crippen molar-refractivity contribution < 1.29 is 19.4 Å². The number of carboxylic acids is 1. The molecule has 0 aliphatic heterocycles. The third kappa shape index (κ3) is 2.59. The molecule has 0 unspecified atom stereocenters. The molecule has 19 heavy (non-hydrogen) atoms. The van der Waals surface area contributed by atoms with Gasteiger partial charge in [-0.1, -0.05) is 0 Å². The summed E-state index contributed by atoms with van der Waals surface area (Å²) in [5.74, 6) is 0.351. The molecule has 2 aromatic rings. The molecule has 1 aromatic carbocycles. The molecule has 0 bridgehead atoms. The molecule has 0 aliphatic carbocycles. The van der Waals surface area contributed by atoms with Crippen molar-refractivity contribution in [1.29, 1.82) is 0 Å². The molecule has 0 amide bonds. The first-order valence-corrected chi connectivity index (χ1v) is 5.79. The normalized spacial score (nSPS) is 10.5. The predicted molar refractivity (Wildman–Crippen MR) is 70.9 cm³/mol. The van der Waals surface area contributed by atoms with Crippen molar-refractivity contribution in [2.24, 2.45) is 0 Å². The minimum atomic E-state index is -0.904. The standard InChI is InChI=1S/C14H15NO4/c1-8-4-9(5-13(16)17)15-14-11(8)6-10(18-2)7-12(14)19-3/h4,6-7H,5H2,1-3H3,(H,16,17). The van der Waals surface area contributed by atoms with Gasteiger partial charge in [-0.25, -0.2) is 4.98 Å². The van der Waals surface area contributed by atoms with Crippen molar-refractivity contribution in [3.8, 4) is 11.5 Å². The average molecular weight is 261 g/mol. The fraction of sp³-hybridized carbons (Fsp3) is 0.286. The Morgan fingerprint density at radius 2 is 2.00 bits per heavy atom. The first-order chi connectivity index (χ1) is 9.05. The van der Waals surface area contributed by atoms with Crippen molar-refractivity contribution >= 4 is 16.9 Å². The summed E-state index contributed by atoms with van der Waals surface area (Å²) in [6.07, 6.45) is -0.105. The maximum Gasteiger partial charge on any atom is 0.309 e. The minimum absolute atomic E-state index is 0.105. The van der Waals surface area contributed by atoms with E-state index in [2.05, 4.69) is 4.98 Å². The number of hydrogen-bond acceptors (Lipinski definition) is 4. The van der Waals surface area contributed by atoms with Gasteiger partial charge >= 0.3 is 5.97 Å². The number of ether oxygens (including phenoxy) is 2. The summed E-state index contributed by atoms with van der Waals surface area (Å²) in [6.45, 7) is 1.91. The van der Waals surface area contributed by atoms with E-state index in [4.69, 9.17) is 14.6 Å². The summed E-state index contributed by atoms with van der Waals surface area (Å²) in [5, 5.41) is 9.74. The summed E-state index contributed by atoms with van der Waals surface area (Å²) >= 11 is 0. The van der Waals surface area contributed by atoms with Crippen LogP contribution in [-0.4, -0.2) is 30.3 Å². The van der Waals surface area contributed by atoms with Crippen LogP contribution in [0, 0.1) is 6.92 Å². The van der Waals surface area contributed by atoms with Crippen LogP contribution in [0.4, 0.5) is 0 Å². The third-order valence-corrected chi connectivity index (χ3v) is 2.90. The SMILES string of the molecule is COc1cc(OC)c2nc(CC(=O)O)cc(C)c2c1. The van der Waals surface area contributed by atoms with E-state index in [1.807, 2.05) is 13.0 Å². The van der Waals surface area contributed by atoms with Crippen molar-refractivity contribution in [2.75, 3.05) is 14.2 Å². The molecule has 5 heteroatoms. The lowest BCUT2D eigenvalue weighted by molar-refractivity contribution is -0.136. The lowest BCUT2D eigenvalue weighted by atomic mass is 10.1. The van der Waals surface area contributed by atoms with Gasteiger partial charge in [-0.15, -0.1) is 0 Å². The number of nitrogens with zero attached hydrogens (tertiary/aromatic N) is 1. The molecular weight excluding hydrogens is 246 g/mol. The highest BCUT2D eigenvalue weighted by Crippen LogP contribution is 2.32. The van der Waals surface area contributed by atoms with Crippen LogP contribution in [0.1, 0.15) is 11.3 Å². The van der Waals surface area contributed by atoms with Crippen LogP contribution in [0.5, 0.6) is 11.5 Å². The largest absolute Gasteiger partial charge is 0.497 e. The van der Waals surface area contributed by atoms with Gasteiger partial charge in [0.25, 0.3) is 0 Å². The fourth-order valence-corrected chi connectivity index (χ4v) is 2.02. The molecule has 5 nitrogen and oxygen atoms in total. The number of methoxy groups -OCH3 is 2. The van der Waals surface area contributed by atoms with E-state index >= 15 is 0 Å². The Kier molecular flexibility index (Phi) is 3.55.